The van der Waals surface area contributed by atoms with E-state index in [4.69, 9.17) is 9.47 Å². The molecule has 41 heavy (non-hydrogen) atoms. The smallest absolute Gasteiger partial charge is 0.186 e. The minimum atomic E-state index is -1.40. The molecule has 6 heteroatoms. The summed E-state index contributed by atoms with van der Waals surface area (Å²) in [5, 5.41) is 40.4. The van der Waals surface area contributed by atoms with Gasteiger partial charge in [-0.2, -0.15) is 0 Å². The van der Waals surface area contributed by atoms with Crippen LogP contribution >= 0.6 is 0 Å². The van der Waals surface area contributed by atoms with Crippen LogP contribution in [0, 0.1) is 52.3 Å². The van der Waals surface area contributed by atoms with Gasteiger partial charge in [-0.05, 0) is 110 Å². The average molecular weight is 575 g/mol. The number of fused-ring (bicyclic) bond motifs is 5. The molecule has 234 valence electrons. The van der Waals surface area contributed by atoms with Crippen LogP contribution in [-0.2, 0) is 9.47 Å². The van der Waals surface area contributed by atoms with Gasteiger partial charge in [0, 0.05) is 0 Å². The molecule has 0 aromatic heterocycles. The van der Waals surface area contributed by atoms with Gasteiger partial charge in [0.2, 0.25) is 0 Å². The lowest BCUT2D eigenvalue weighted by molar-refractivity contribution is -0.315. The largest absolute Gasteiger partial charge is 0.394 e. The molecule has 4 aliphatic carbocycles. The molecule has 4 N–H and O–H groups in total. The first-order chi connectivity index (χ1) is 19.4. The number of hydrogen-bond donors (Lipinski definition) is 4. The number of aliphatic hydroxyl groups excluding tert-OH is 4. The van der Waals surface area contributed by atoms with E-state index in [1.807, 2.05) is 0 Å². The molecule has 1 saturated heterocycles. The summed E-state index contributed by atoms with van der Waals surface area (Å²) in [6.07, 6.45) is 12.0. The van der Waals surface area contributed by atoms with Crippen molar-refractivity contribution in [3.05, 3.63) is 23.8 Å². The fourth-order valence-electron chi connectivity index (χ4n) is 10.2. The molecule has 0 radical (unpaired) electrons. The standard InChI is InChI=1S/C35H58O6/c1-7-22(20(2)3)9-8-21(4)26-12-13-27-25-11-10-23-18-24(14-16-34(23,5)28(25)15-17-35(26,27)6)40-33-32(39)31(38)30(37)29(19-36)41-33/h8-9,11,20-24,26-33,36-39H,7,10,12-19H2,1-6H3/b9-8+/t21?,22-,23?,24+,26?,27?,28?,29-,30-,31+,32-,33-,34+,35-/m1/s1. The van der Waals surface area contributed by atoms with Crippen molar-refractivity contribution >= 4 is 0 Å². The minimum absolute atomic E-state index is 0.0698. The van der Waals surface area contributed by atoms with E-state index in [-0.39, 0.29) is 11.5 Å². The quantitative estimate of drug-likeness (QED) is 0.281. The molecule has 0 bridgehead atoms. The van der Waals surface area contributed by atoms with Crippen LogP contribution in [-0.4, -0.2) is 63.8 Å². The zero-order chi connectivity index (χ0) is 29.7. The van der Waals surface area contributed by atoms with Crippen molar-refractivity contribution in [1.82, 2.24) is 0 Å². The lowest BCUT2D eigenvalue weighted by atomic mass is 9.47. The average Bonchev–Trinajstić information content (AvgIpc) is 3.30. The molecule has 0 amide bonds. The van der Waals surface area contributed by atoms with E-state index in [2.05, 4.69) is 59.8 Å². The van der Waals surface area contributed by atoms with Crippen LogP contribution in [0.5, 0.6) is 0 Å². The van der Waals surface area contributed by atoms with Gasteiger partial charge >= 0.3 is 0 Å². The second kappa shape index (κ2) is 12.3. The van der Waals surface area contributed by atoms with Gasteiger partial charge in [0.15, 0.2) is 6.29 Å². The van der Waals surface area contributed by atoms with Crippen molar-refractivity contribution in [2.45, 2.75) is 136 Å². The molecule has 4 fully saturated rings. The second-order valence-electron chi connectivity index (χ2n) is 15.3. The molecule has 1 aliphatic heterocycles. The zero-order valence-electron chi connectivity index (χ0n) is 26.4. The summed E-state index contributed by atoms with van der Waals surface area (Å²) in [5.41, 5.74) is 2.41. The van der Waals surface area contributed by atoms with Crippen LogP contribution in [0.2, 0.25) is 0 Å². The molecule has 5 aliphatic rings. The van der Waals surface area contributed by atoms with Gasteiger partial charge in [0.25, 0.3) is 0 Å². The Labute approximate surface area is 248 Å². The summed E-state index contributed by atoms with van der Waals surface area (Å²) in [7, 11) is 0. The van der Waals surface area contributed by atoms with Crippen molar-refractivity contribution in [3.63, 3.8) is 0 Å². The summed E-state index contributed by atoms with van der Waals surface area (Å²) in [6, 6.07) is 0. The van der Waals surface area contributed by atoms with Crippen LogP contribution in [0.25, 0.3) is 0 Å². The summed E-state index contributed by atoms with van der Waals surface area (Å²) in [4.78, 5) is 0. The molecule has 6 nitrogen and oxygen atoms in total. The minimum Gasteiger partial charge on any atom is -0.394 e. The third-order valence-corrected chi connectivity index (χ3v) is 12.9. The third kappa shape index (κ3) is 5.64. The Balaban J connectivity index is 1.26. The summed E-state index contributed by atoms with van der Waals surface area (Å²) < 4.78 is 11.9. The van der Waals surface area contributed by atoms with Crippen LogP contribution < -0.4 is 0 Å². The summed E-state index contributed by atoms with van der Waals surface area (Å²) in [6.45, 7) is 14.2. The maximum absolute atomic E-state index is 10.5. The molecule has 0 aromatic carbocycles. The molecule has 3 saturated carbocycles. The highest BCUT2D eigenvalue weighted by atomic mass is 16.7. The van der Waals surface area contributed by atoms with E-state index >= 15 is 0 Å². The number of rotatable bonds is 8. The van der Waals surface area contributed by atoms with Crippen molar-refractivity contribution in [1.29, 1.82) is 0 Å². The topological polar surface area (TPSA) is 99.4 Å². The predicted octanol–water partition coefficient (Wildman–Crippen LogP) is 5.63. The van der Waals surface area contributed by atoms with Gasteiger partial charge in [0.05, 0.1) is 12.7 Å². The van der Waals surface area contributed by atoms with Crippen LogP contribution in [0.15, 0.2) is 23.8 Å². The Kier molecular flexibility index (Phi) is 9.51. The van der Waals surface area contributed by atoms with Crippen molar-refractivity contribution in [2.24, 2.45) is 52.3 Å². The highest BCUT2D eigenvalue weighted by molar-refractivity contribution is 5.28. The highest BCUT2D eigenvalue weighted by Gasteiger charge is 2.58. The predicted molar refractivity (Wildman–Crippen MR) is 161 cm³/mol. The van der Waals surface area contributed by atoms with Crippen molar-refractivity contribution in [2.75, 3.05) is 6.61 Å². The number of ether oxygens (including phenoxy) is 2. The SMILES string of the molecule is CC[C@H](/C=C/C(C)C1CCC2C3=CCC4C[C@@H](O[C@@H]5O[C@H](CO)[C@@H](O)[C@H](O)[C@H]5O)CC[C@]4(C)C3CC[C@@]21C)C(C)C. The van der Waals surface area contributed by atoms with Crippen LogP contribution in [0.1, 0.15) is 99.3 Å². The lowest BCUT2D eigenvalue weighted by Gasteiger charge is -2.58. The third-order valence-electron chi connectivity index (χ3n) is 12.9. The first-order valence-corrected chi connectivity index (χ1v) is 16.8. The number of aliphatic hydroxyl groups is 4. The molecule has 0 spiro atoms. The van der Waals surface area contributed by atoms with E-state index < -0.39 is 37.3 Å². The number of hydrogen-bond acceptors (Lipinski definition) is 6. The molecule has 5 rings (SSSR count). The Morgan fingerprint density at radius 2 is 1.66 bits per heavy atom. The highest BCUT2D eigenvalue weighted by Crippen LogP contribution is 2.67. The normalized spacial score (nSPS) is 47.9. The molecular weight excluding hydrogens is 516 g/mol. The number of allylic oxidation sites excluding steroid dienone is 4. The van der Waals surface area contributed by atoms with Crippen molar-refractivity contribution in [3.8, 4) is 0 Å². The van der Waals surface area contributed by atoms with Gasteiger partial charge in [-0.1, -0.05) is 65.3 Å². The molecule has 1 heterocycles. The van der Waals surface area contributed by atoms with E-state index in [0.717, 1.165) is 31.6 Å². The van der Waals surface area contributed by atoms with E-state index in [9.17, 15) is 20.4 Å². The van der Waals surface area contributed by atoms with E-state index in [1.165, 1.54) is 32.1 Å². The van der Waals surface area contributed by atoms with Gasteiger partial charge in [0.1, 0.15) is 24.4 Å². The van der Waals surface area contributed by atoms with E-state index in [0.29, 0.717) is 40.9 Å². The van der Waals surface area contributed by atoms with Gasteiger partial charge < -0.3 is 29.9 Å². The lowest BCUT2D eigenvalue weighted by Crippen LogP contribution is -2.60. The molecular formula is C35H58O6. The second-order valence-corrected chi connectivity index (χ2v) is 15.3. The maximum Gasteiger partial charge on any atom is 0.186 e. The van der Waals surface area contributed by atoms with Gasteiger partial charge in [-0.15, -0.1) is 0 Å². The van der Waals surface area contributed by atoms with E-state index in [1.54, 1.807) is 5.57 Å². The summed E-state index contributed by atoms with van der Waals surface area (Å²) in [5.74, 6) is 4.61. The zero-order valence-corrected chi connectivity index (χ0v) is 26.4. The first-order valence-electron chi connectivity index (χ1n) is 16.8. The van der Waals surface area contributed by atoms with Gasteiger partial charge in [-0.3, -0.25) is 0 Å². The molecule has 0 aromatic rings. The molecule has 5 unspecified atom stereocenters. The Bertz CT molecular complexity index is 960. The van der Waals surface area contributed by atoms with Gasteiger partial charge in [-0.25, -0.2) is 0 Å². The molecule has 14 atom stereocenters. The fourth-order valence-corrected chi connectivity index (χ4v) is 10.2. The Morgan fingerprint density at radius 1 is 0.951 bits per heavy atom. The monoisotopic (exact) mass is 574 g/mol. The van der Waals surface area contributed by atoms with Crippen LogP contribution in [0.4, 0.5) is 0 Å². The maximum atomic E-state index is 10.5. The van der Waals surface area contributed by atoms with Crippen molar-refractivity contribution < 1.29 is 29.9 Å². The fraction of sp³-hybridized carbons (Fsp3) is 0.886. The van der Waals surface area contributed by atoms with Crippen LogP contribution in [0.3, 0.4) is 0 Å². The Morgan fingerprint density at radius 3 is 2.34 bits per heavy atom. The Hall–Kier alpha value is -0.760. The summed E-state index contributed by atoms with van der Waals surface area (Å²) >= 11 is 0. The first kappa shape index (κ1) is 31.7.